The van der Waals surface area contributed by atoms with Crippen LogP contribution in [-0.4, -0.2) is 25.8 Å². The van der Waals surface area contributed by atoms with Crippen LogP contribution >= 0.6 is 0 Å². The van der Waals surface area contributed by atoms with E-state index in [0.29, 0.717) is 17.3 Å². The van der Waals surface area contributed by atoms with Crippen molar-refractivity contribution in [1.82, 2.24) is 19.9 Å². The second-order valence-corrected chi connectivity index (χ2v) is 6.16. The van der Waals surface area contributed by atoms with Crippen LogP contribution in [0.3, 0.4) is 0 Å². The Balaban J connectivity index is 1.55. The highest BCUT2D eigenvalue weighted by Crippen LogP contribution is 2.40. The van der Waals surface area contributed by atoms with Gasteiger partial charge in [-0.1, -0.05) is 5.16 Å². The predicted molar refractivity (Wildman–Crippen MR) is 84.3 cm³/mol. The zero-order valence-corrected chi connectivity index (χ0v) is 13.0. The normalized spacial score (nSPS) is 14.6. The van der Waals surface area contributed by atoms with Crippen LogP contribution in [0.15, 0.2) is 29.0 Å². The molecule has 0 spiro atoms. The molecule has 1 saturated carbocycles. The van der Waals surface area contributed by atoms with E-state index in [1.54, 1.807) is 18.5 Å². The molecule has 0 unspecified atom stereocenters. The third-order valence-corrected chi connectivity index (χ3v) is 3.92. The van der Waals surface area contributed by atoms with Gasteiger partial charge in [0.05, 0.1) is 18.1 Å². The molecule has 7 heteroatoms. The summed E-state index contributed by atoms with van der Waals surface area (Å²) in [7, 11) is 0. The highest BCUT2D eigenvalue weighted by Gasteiger charge is 2.28. The molecule has 1 aliphatic rings. The summed E-state index contributed by atoms with van der Waals surface area (Å²) in [5.74, 6) is 0.934. The number of hydrogen-bond donors (Lipinski definition) is 1. The van der Waals surface area contributed by atoms with Crippen LogP contribution in [0, 0.1) is 0 Å². The van der Waals surface area contributed by atoms with Gasteiger partial charge in [0.25, 0.3) is 5.91 Å². The number of carbonyl (C=O) groups is 1. The SMILES string of the molecule is CC(C)n1ncc2cc(NC(=O)c3cc(C4CC4)on3)cnc21. The molecule has 1 aliphatic carbocycles. The quantitative estimate of drug-likeness (QED) is 0.800. The third-order valence-electron chi connectivity index (χ3n) is 3.92. The third kappa shape index (κ3) is 2.58. The molecule has 0 aromatic carbocycles. The summed E-state index contributed by atoms with van der Waals surface area (Å²) < 4.78 is 7.06. The van der Waals surface area contributed by atoms with Crippen LogP contribution in [0.25, 0.3) is 11.0 Å². The minimum Gasteiger partial charge on any atom is -0.360 e. The largest absolute Gasteiger partial charge is 0.360 e. The van der Waals surface area contributed by atoms with Gasteiger partial charge in [0.2, 0.25) is 0 Å². The molecule has 23 heavy (non-hydrogen) atoms. The van der Waals surface area contributed by atoms with Crippen LogP contribution in [0.2, 0.25) is 0 Å². The van der Waals surface area contributed by atoms with E-state index >= 15 is 0 Å². The average molecular weight is 311 g/mol. The molecule has 1 amide bonds. The number of anilines is 1. The van der Waals surface area contributed by atoms with Crippen LogP contribution in [0.4, 0.5) is 5.69 Å². The van der Waals surface area contributed by atoms with Crippen molar-refractivity contribution in [1.29, 1.82) is 0 Å². The Morgan fingerprint density at radius 3 is 2.91 bits per heavy atom. The number of pyridine rings is 1. The summed E-state index contributed by atoms with van der Waals surface area (Å²) in [5.41, 5.74) is 1.71. The van der Waals surface area contributed by atoms with Gasteiger partial charge in [-0.05, 0) is 32.8 Å². The molecule has 0 radical (unpaired) electrons. The van der Waals surface area contributed by atoms with Gasteiger partial charge in [-0.3, -0.25) is 4.79 Å². The maximum Gasteiger partial charge on any atom is 0.277 e. The standard InChI is InChI=1S/C16H17N5O2/c1-9(2)21-15-11(7-18-21)5-12(8-17-15)19-16(22)13-6-14(23-20-13)10-3-4-10/h5-10H,3-4H2,1-2H3,(H,19,22). The molecular formula is C16H17N5O2. The van der Waals surface area contributed by atoms with Crippen molar-refractivity contribution in [3.8, 4) is 0 Å². The Kier molecular flexibility index (Phi) is 3.14. The number of amides is 1. The molecule has 0 atom stereocenters. The van der Waals surface area contributed by atoms with Crippen LogP contribution in [-0.2, 0) is 0 Å². The van der Waals surface area contributed by atoms with Gasteiger partial charge in [0, 0.05) is 23.4 Å². The summed E-state index contributed by atoms with van der Waals surface area (Å²) >= 11 is 0. The molecule has 3 heterocycles. The van der Waals surface area contributed by atoms with Crippen molar-refractivity contribution in [2.45, 2.75) is 38.6 Å². The molecule has 3 aromatic heterocycles. The molecule has 1 N–H and O–H groups in total. The van der Waals surface area contributed by atoms with Crippen molar-refractivity contribution in [2.75, 3.05) is 5.32 Å². The van der Waals surface area contributed by atoms with Gasteiger partial charge < -0.3 is 9.84 Å². The molecule has 3 aromatic rings. The maximum atomic E-state index is 12.2. The molecule has 0 bridgehead atoms. The van der Waals surface area contributed by atoms with Crippen LogP contribution < -0.4 is 5.32 Å². The van der Waals surface area contributed by atoms with Crippen LogP contribution in [0.1, 0.15) is 54.9 Å². The molecule has 0 saturated heterocycles. The lowest BCUT2D eigenvalue weighted by Crippen LogP contribution is -2.12. The fourth-order valence-electron chi connectivity index (χ4n) is 2.54. The van der Waals surface area contributed by atoms with E-state index in [0.717, 1.165) is 29.6 Å². The van der Waals surface area contributed by atoms with Crippen LogP contribution in [0.5, 0.6) is 0 Å². The van der Waals surface area contributed by atoms with Gasteiger partial charge in [0.15, 0.2) is 11.3 Å². The molecular weight excluding hydrogens is 294 g/mol. The Labute approximate surface area is 132 Å². The highest BCUT2D eigenvalue weighted by atomic mass is 16.5. The Morgan fingerprint density at radius 1 is 1.35 bits per heavy atom. The van der Waals surface area contributed by atoms with Gasteiger partial charge in [-0.15, -0.1) is 0 Å². The summed E-state index contributed by atoms with van der Waals surface area (Å²) in [6, 6.07) is 3.81. The van der Waals surface area contributed by atoms with E-state index < -0.39 is 0 Å². The monoisotopic (exact) mass is 311 g/mol. The minimum absolute atomic E-state index is 0.233. The van der Waals surface area contributed by atoms with E-state index in [2.05, 4.69) is 20.6 Å². The number of nitrogens with one attached hydrogen (secondary N) is 1. The van der Waals surface area contributed by atoms with Crippen molar-refractivity contribution in [3.63, 3.8) is 0 Å². The smallest absolute Gasteiger partial charge is 0.277 e. The molecule has 7 nitrogen and oxygen atoms in total. The average Bonchev–Trinajstić information content (AvgIpc) is 3.11. The first kappa shape index (κ1) is 13.9. The van der Waals surface area contributed by atoms with Crippen molar-refractivity contribution in [3.05, 3.63) is 36.0 Å². The second-order valence-electron chi connectivity index (χ2n) is 6.16. The van der Waals surface area contributed by atoms with Crippen molar-refractivity contribution >= 4 is 22.6 Å². The molecule has 118 valence electrons. The summed E-state index contributed by atoms with van der Waals surface area (Å²) in [4.78, 5) is 16.6. The molecule has 1 fully saturated rings. The minimum atomic E-state index is -0.293. The fraction of sp³-hybridized carbons (Fsp3) is 0.375. The first-order valence-electron chi connectivity index (χ1n) is 7.73. The highest BCUT2D eigenvalue weighted by molar-refractivity contribution is 6.03. The van der Waals surface area contributed by atoms with Gasteiger partial charge in [0.1, 0.15) is 5.76 Å². The fourth-order valence-corrected chi connectivity index (χ4v) is 2.54. The van der Waals surface area contributed by atoms with E-state index in [-0.39, 0.29) is 11.9 Å². The first-order valence-corrected chi connectivity index (χ1v) is 7.73. The van der Waals surface area contributed by atoms with E-state index in [1.165, 1.54) is 0 Å². The lowest BCUT2D eigenvalue weighted by atomic mass is 10.2. The molecule has 0 aliphatic heterocycles. The zero-order valence-electron chi connectivity index (χ0n) is 13.0. The van der Waals surface area contributed by atoms with Gasteiger partial charge in [-0.25, -0.2) is 9.67 Å². The Morgan fingerprint density at radius 2 is 2.17 bits per heavy atom. The Hall–Kier alpha value is -2.70. The first-order chi connectivity index (χ1) is 11.1. The lowest BCUT2D eigenvalue weighted by molar-refractivity contribution is 0.101. The molecule has 4 rings (SSSR count). The number of rotatable bonds is 4. The van der Waals surface area contributed by atoms with Crippen molar-refractivity contribution in [2.24, 2.45) is 0 Å². The maximum absolute atomic E-state index is 12.2. The van der Waals surface area contributed by atoms with Gasteiger partial charge in [-0.2, -0.15) is 5.10 Å². The number of aromatic nitrogens is 4. The van der Waals surface area contributed by atoms with E-state index in [4.69, 9.17) is 4.52 Å². The van der Waals surface area contributed by atoms with Gasteiger partial charge >= 0.3 is 0 Å². The lowest BCUT2D eigenvalue weighted by Gasteiger charge is -2.07. The summed E-state index contributed by atoms with van der Waals surface area (Å²) in [5, 5.41) is 11.8. The Bertz CT molecular complexity index is 876. The predicted octanol–water partition coefficient (Wildman–Crippen LogP) is 3.13. The van der Waals surface area contributed by atoms with E-state index in [9.17, 15) is 4.79 Å². The number of fused-ring (bicyclic) bond motifs is 1. The van der Waals surface area contributed by atoms with E-state index in [1.807, 2.05) is 24.6 Å². The summed E-state index contributed by atoms with van der Waals surface area (Å²) in [6.07, 6.45) is 5.59. The topological polar surface area (TPSA) is 85.8 Å². The number of nitrogens with zero attached hydrogens (tertiary/aromatic N) is 4. The second kappa shape index (κ2) is 5.19. The summed E-state index contributed by atoms with van der Waals surface area (Å²) in [6.45, 7) is 4.09. The van der Waals surface area contributed by atoms with Crippen molar-refractivity contribution < 1.29 is 9.32 Å². The number of carbonyl (C=O) groups excluding carboxylic acids is 1. The zero-order chi connectivity index (χ0) is 16.0. The number of hydrogen-bond acceptors (Lipinski definition) is 5.